The fourth-order valence-corrected chi connectivity index (χ4v) is 3.04. The molecule has 1 aliphatic heterocycles. The average molecular weight is 359 g/mol. The number of aromatic nitrogens is 3. The van der Waals surface area contributed by atoms with E-state index in [1.165, 1.54) is 6.92 Å². The van der Waals surface area contributed by atoms with Gasteiger partial charge >= 0.3 is 0 Å². The van der Waals surface area contributed by atoms with E-state index in [9.17, 15) is 4.79 Å². The highest BCUT2D eigenvalue weighted by atomic mass is 79.9. The predicted molar refractivity (Wildman–Crippen MR) is 80.1 cm³/mol. The van der Waals surface area contributed by atoms with E-state index in [2.05, 4.69) is 36.2 Å². The minimum Gasteiger partial charge on any atom is -0.366 e. The Kier molecular flexibility index (Phi) is 3.55. The van der Waals surface area contributed by atoms with Gasteiger partial charge in [-0.15, -0.1) is 0 Å². The number of fused-ring (bicyclic) bond motifs is 1. The number of halogens is 2. The molecule has 2 aromatic heterocycles. The Balaban J connectivity index is 1.93. The fraction of sp³-hybridized carbons (Fsp3) is 0.417. The highest BCUT2D eigenvalue weighted by molar-refractivity contribution is 9.10. The molecule has 0 aliphatic carbocycles. The molecular formula is C12H13BrClN5O. The SMILES string of the molecule is CC(=O)N[C@@H]1CCN(c2cc(Cl)nn3c(Br)cnc23)C1. The second-order valence-corrected chi connectivity index (χ2v) is 6.00. The fourth-order valence-electron chi connectivity index (χ4n) is 2.51. The van der Waals surface area contributed by atoms with E-state index in [0.29, 0.717) is 5.15 Å². The lowest BCUT2D eigenvalue weighted by Crippen LogP contribution is -2.35. The lowest BCUT2D eigenvalue weighted by Gasteiger charge is -2.19. The minimum atomic E-state index is -0.00156. The zero-order chi connectivity index (χ0) is 14.3. The molecule has 0 unspecified atom stereocenters. The first-order valence-electron chi connectivity index (χ1n) is 6.26. The van der Waals surface area contributed by atoms with Gasteiger partial charge in [-0.05, 0) is 22.4 Å². The molecule has 1 fully saturated rings. The lowest BCUT2D eigenvalue weighted by atomic mass is 10.2. The van der Waals surface area contributed by atoms with Gasteiger partial charge < -0.3 is 10.2 Å². The van der Waals surface area contributed by atoms with Crippen LogP contribution < -0.4 is 10.2 Å². The number of carbonyl (C=O) groups is 1. The first-order valence-corrected chi connectivity index (χ1v) is 7.43. The van der Waals surface area contributed by atoms with E-state index >= 15 is 0 Å². The zero-order valence-corrected chi connectivity index (χ0v) is 13.1. The van der Waals surface area contributed by atoms with Gasteiger partial charge in [0.2, 0.25) is 5.91 Å². The monoisotopic (exact) mass is 357 g/mol. The van der Waals surface area contributed by atoms with Crippen molar-refractivity contribution in [1.29, 1.82) is 0 Å². The number of hydrogen-bond acceptors (Lipinski definition) is 4. The van der Waals surface area contributed by atoms with Crippen LogP contribution in [0.15, 0.2) is 16.9 Å². The number of rotatable bonds is 2. The molecule has 0 spiro atoms. The molecule has 0 saturated carbocycles. The summed E-state index contributed by atoms with van der Waals surface area (Å²) in [4.78, 5) is 17.7. The van der Waals surface area contributed by atoms with Crippen LogP contribution in [0.4, 0.5) is 5.69 Å². The summed E-state index contributed by atoms with van der Waals surface area (Å²) < 4.78 is 2.43. The van der Waals surface area contributed by atoms with Crippen LogP contribution in [0.3, 0.4) is 0 Å². The van der Waals surface area contributed by atoms with Crippen molar-refractivity contribution in [2.24, 2.45) is 0 Å². The summed E-state index contributed by atoms with van der Waals surface area (Å²) in [5.74, 6) is -0.00156. The third-order valence-electron chi connectivity index (χ3n) is 3.31. The Labute approximate surface area is 129 Å². The van der Waals surface area contributed by atoms with Gasteiger partial charge in [-0.25, -0.2) is 9.50 Å². The van der Waals surface area contributed by atoms with Gasteiger partial charge in [0.1, 0.15) is 4.60 Å². The predicted octanol–water partition coefficient (Wildman–Crippen LogP) is 1.86. The van der Waals surface area contributed by atoms with Gasteiger partial charge in [-0.3, -0.25) is 4.79 Å². The van der Waals surface area contributed by atoms with Crippen molar-refractivity contribution in [3.8, 4) is 0 Å². The molecule has 0 bridgehead atoms. The second-order valence-electron chi connectivity index (χ2n) is 4.80. The van der Waals surface area contributed by atoms with Crippen LogP contribution in [-0.4, -0.2) is 39.6 Å². The van der Waals surface area contributed by atoms with Crippen LogP contribution in [0.2, 0.25) is 5.15 Å². The Morgan fingerprint density at radius 3 is 3.15 bits per heavy atom. The minimum absolute atomic E-state index is 0.00156. The summed E-state index contributed by atoms with van der Waals surface area (Å²) in [5, 5.41) is 7.57. The molecule has 0 radical (unpaired) electrons. The van der Waals surface area contributed by atoms with E-state index in [1.54, 1.807) is 10.7 Å². The molecule has 1 amide bonds. The van der Waals surface area contributed by atoms with Gasteiger partial charge in [0.15, 0.2) is 10.8 Å². The lowest BCUT2D eigenvalue weighted by molar-refractivity contribution is -0.119. The maximum Gasteiger partial charge on any atom is 0.217 e. The molecule has 3 heterocycles. The second kappa shape index (κ2) is 5.21. The standard InChI is InChI=1S/C12H13BrClN5O/c1-7(20)16-8-2-3-18(6-8)9-4-11(14)17-19-10(13)5-15-12(9)19/h4-5,8H,2-3,6H2,1H3,(H,16,20)/t8-/m1/s1. The summed E-state index contributed by atoms with van der Waals surface area (Å²) in [5.41, 5.74) is 1.69. The van der Waals surface area contributed by atoms with Crippen LogP contribution in [0.5, 0.6) is 0 Å². The van der Waals surface area contributed by atoms with Crippen molar-refractivity contribution in [3.63, 3.8) is 0 Å². The van der Waals surface area contributed by atoms with Gasteiger partial charge in [0.05, 0.1) is 11.9 Å². The maximum atomic E-state index is 11.1. The number of imidazole rings is 1. The first kappa shape index (κ1) is 13.6. The van der Waals surface area contributed by atoms with E-state index < -0.39 is 0 Å². The van der Waals surface area contributed by atoms with E-state index in [-0.39, 0.29) is 11.9 Å². The third-order valence-corrected chi connectivity index (χ3v) is 4.04. The summed E-state index contributed by atoms with van der Waals surface area (Å²) in [6.45, 7) is 3.14. The largest absolute Gasteiger partial charge is 0.366 e. The van der Waals surface area contributed by atoms with E-state index in [4.69, 9.17) is 11.6 Å². The Morgan fingerprint density at radius 1 is 1.60 bits per heavy atom. The summed E-state index contributed by atoms with van der Waals surface area (Å²) >= 11 is 9.47. The zero-order valence-electron chi connectivity index (χ0n) is 10.8. The van der Waals surface area contributed by atoms with Crippen molar-refractivity contribution in [1.82, 2.24) is 19.9 Å². The van der Waals surface area contributed by atoms with E-state index in [0.717, 1.165) is 35.4 Å². The number of anilines is 1. The normalized spacial score (nSPS) is 18.8. The van der Waals surface area contributed by atoms with Crippen molar-refractivity contribution in [2.75, 3.05) is 18.0 Å². The van der Waals surface area contributed by atoms with Crippen molar-refractivity contribution >= 4 is 44.8 Å². The maximum absolute atomic E-state index is 11.1. The Hall–Kier alpha value is -1.34. The Morgan fingerprint density at radius 2 is 2.40 bits per heavy atom. The van der Waals surface area contributed by atoms with Crippen LogP contribution in [0.25, 0.3) is 5.65 Å². The topological polar surface area (TPSA) is 62.5 Å². The average Bonchev–Trinajstić information content (AvgIpc) is 2.96. The van der Waals surface area contributed by atoms with Gasteiger partial charge in [-0.1, -0.05) is 11.6 Å². The van der Waals surface area contributed by atoms with Crippen molar-refractivity contribution < 1.29 is 4.79 Å². The molecule has 6 nitrogen and oxygen atoms in total. The summed E-state index contributed by atoms with van der Waals surface area (Å²) in [6, 6.07) is 1.98. The molecule has 1 saturated heterocycles. The van der Waals surface area contributed by atoms with Crippen molar-refractivity contribution in [3.05, 3.63) is 22.0 Å². The molecule has 1 aliphatic rings. The molecule has 1 N–H and O–H groups in total. The molecule has 1 atom stereocenters. The molecule has 0 aromatic carbocycles. The van der Waals surface area contributed by atoms with E-state index in [1.807, 2.05) is 6.07 Å². The van der Waals surface area contributed by atoms with Crippen LogP contribution in [0, 0.1) is 0 Å². The number of hydrogen-bond donors (Lipinski definition) is 1. The van der Waals surface area contributed by atoms with Gasteiger partial charge in [-0.2, -0.15) is 5.10 Å². The number of nitrogens with one attached hydrogen (secondary N) is 1. The van der Waals surface area contributed by atoms with Gasteiger partial charge in [0.25, 0.3) is 0 Å². The highest BCUT2D eigenvalue weighted by Crippen LogP contribution is 2.28. The van der Waals surface area contributed by atoms with Crippen LogP contribution in [-0.2, 0) is 4.79 Å². The van der Waals surface area contributed by atoms with Crippen LogP contribution in [0.1, 0.15) is 13.3 Å². The summed E-state index contributed by atoms with van der Waals surface area (Å²) in [6.07, 6.45) is 2.61. The van der Waals surface area contributed by atoms with Crippen molar-refractivity contribution in [2.45, 2.75) is 19.4 Å². The number of amides is 1. The van der Waals surface area contributed by atoms with Gasteiger partial charge in [0, 0.05) is 32.1 Å². The summed E-state index contributed by atoms with van der Waals surface area (Å²) in [7, 11) is 0. The third kappa shape index (κ3) is 2.47. The molecule has 106 valence electrons. The number of carbonyl (C=O) groups excluding carboxylic acids is 1. The van der Waals surface area contributed by atoms with Crippen LogP contribution >= 0.6 is 27.5 Å². The quantitative estimate of drug-likeness (QED) is 0.890. The molecule has 8 heteroatoms. The first-order chi connectivity index (χ1) is 9.54. The molecule has 20 heavy (non-hydrogen) atoms. The highest BCUT2D eigenvalue weighted by Gasteiger charge is 2.25. The number of nitrogens with zero attached hydrogens (tertiary/aromatic N) is 4. The smallest absolute Gasteiger partial charge is 0.217 e. The Bertz CT molecular complexity index is 673. The molecular weight excluding hydrogens is 346 g/mol. The molecule has 2 aromatic rings. The molecule has 3 rings (SSSR count).